The van der Waals surface area contributed by atoms with E-state index >= 15 is 0 Å². The summed E-state index contributed by atoms with van der Waals surface area (Å²) in [5.41, 5.74) is 7.25. The van der Waals surface area contributed by atoms with Gasteiger partial charge in [0, 0.05) is 23.2 Å². The molecule has 2 rings (SSSR count). The van der Waals surface area contributed by atoms with Crippen LogP contribution in [0.3, 0.4) is 0 Å². The Balaban J connectivity index is 0.00000180. The van der Waals surface area contributed by atoms with Crippen LogP contribution in [0, 0.1) is 12.8 Å². The van der Waals surface area contributed by atoms with Gasteiger partial charge in [-0.1, -0.05) is 17.7 Å². The fourth-order valence-electron chi connectivity index (χ4n) is 2.59. The number of nitrogens with zero attached hydrogens (tertiary/aromatic N) is 1. The van der Waals surface area contributed by atoms with Crippen molar-refractivity contribution in [3.63, 3.8) is 0 Å². The number of nitrogens with two attached hydrogens (primary N) is 1. The normalized spacial score (nSPS) is 22.2. The van der Waals surface area contributed by atoms with Crippen LogP contribution in [0.15, 0.2) is 18.2 Å². The number of halogens is 2. The molecular weight excluding hydrogens is 283 g/mol. The fourth-order valence-corrected chi connectivity index (χ4v) is 2.76. The molecule has 3 nitrogen and oxygen atoms in total. The molecule has 106 valence electrons. The third-order valence-corrected chi connectivity index (χ3v) is 4.16. The molecule has 0 saturated carbocycles. The van der Waals surface area contributed by atoms with Crippen molar-refractivity contribution in [1.29, 1.82) is 0 Å². The Morgan fingerprint density at radius 2 is 2.21 bits per heavy atom. The van der Waals surface area contributed by atoms with E-state index in [1.165, 1.54) is 0 Å². The Hall–Kier alpha value is -0.770. The number of hydrogen-bond acceptors (Lipinski definition) is 2. The predicted molar refractivity (Wildman–Crippen MR) is 81.1 cm³/mol. The van der Waals surface area contributed by atoms with Crippen molar-refractivity contribution in [3.05, 3.63) is 34.3 Å². The van der Waals surface area contributed by atoms with Crippen LogP contribution >= 0.6 is 24.0 Å². The average Bonchev–Trinajstić information content (AvgIpc) is 2.73. The molecule has 0 bridgehead atoms. The average molecular weight is 303 g/mol. The van der Waals surface area contributed by atoms with E-state index in [9.17, 15) is 4.79 Å². The van der Waals surface area contributed by atoms with Crippen LogP contribution in [0.5, 0.6) is 0 Å². The van der Waals surface area contributed by atoms with Gasteiger partial charge in [0.05, 0.1) is 0 Å². The maximum absolute atomic E-state index is 12.5. The SMILES string of the molecule is Cc1c(Cl)cccc1C(=O)N1CC(CN)CC1C.Cl. The first-order valence-electron chi connectivity index (χ1n) is 6.30. The Kier molecular flexibility index (Phi) is 5.65. The van der Waals surface area contributed by atoms with Crippen LogP contribution in [0.2, 0.25) is 5.02 Å². The molecule has 1 aromatic carbocycles. The molecule has 1 amide bonds. The quantitative estimate of drug-likeness (QED) is 0.913. The summed E-state index contributed by atoms with van der Waals surface area (Å²) in [4.78, 5) is 14.4. The van der Waals surface area contributed by atoms with Gasteiger partial charge in [-0.25, -0.2) is 0 Å². The largest absolute Gasteiger partial charge is 0.336 e. The van der Waals surface area contributed by atoms with E-state index in [4.69, 9.17) is 17.3 Å². The van der Waals surface area contributed by atoms with E-state index in [0.717, 1.165) is 18.5 Å². The molecule has 5 heteroatoms. The first-order chi connectivity index (χ1) is 8.54. The number of carbonyl (C=O) groups is 1. The topological polar surface area (TPSA) is 46.3 Å². The van der Waals surface area contributed by atoms with E-state index < -0.39 is 0 Å². The first-order valence-corrected chi connectivity index (χ1v) is 6.68. The van der Waals surface area contributed by atoms with Gasteiger partial charge in [0.2, 0.25) is 0 Å². The third kappa shape index (κ3) is 3.22. The van der Waals surface area contributed by atoms with Crippen molar-refractivity contribution >= 4 is 29.9 Å². The van der Waals surface area contributed by atoms with Crippen molar-refractivity contribution in [1.82, 2.24) is 4.90 Å². The molecule has 2 atom stereocenters. The molecular formula is C14H20Cl2N2O. The van der Waals surface area contributed by atoms with E-state index in [-0.39, 0.29) is 24.4 Å². The smallest absolute Gasteiger partial charge is 0.254 e. The molecule has 1 heterocycles. The van der Waals surface area contributed by atoms with Gasteiger partial charge in [-0.15, -0.1) is 12.4 Å². The highest BCUT2D eigenvalue weighted by Gasteiger charge is 2.32. The minimum absolute atomic E-state index is 0. The van der Waals surface area contributed by atoms with Crippen molar-refractivity contribution in [2.75, 3.05) is 13.1 Å². The van der Waals surface area contributed by atoms with Gasteiger partial charge in [-0.05, 0) is 50.4 Å². The van der Waals surface area contributed by atoms with E-state index in [1.807, 2.05) is 30.0 Å². The van der Waals surface area contributed by atoms with Crippen LogP contribution in [0.1, 0.15) is 29.3 Å². The lowest BCUT2D eigenvalue weighted by Gasteiger charge is -2.22. The van der Waals surface area contributed by atoms with E-state index in [2.05, 4.69) is 6.92 Å². The number of rotatable bonds is 2. The number of likely N-dealkylation sites (tertiary alicyclic amines) is 1. The van der Waals surface area contributed by atoms with E-state index in [0.29, 0.717) is 23.0 Å². The van der Waals surface area contributed by atoms with Gasteiger partial charge in [-0.2, -0.15) is 0 Å². The Bertz CT molecular complexity index is 465. The number of amides is 1. The monoisotopic (exact) mass is 302 g/mol. The van der Waals surface area contributed by atoms with Crippen molar-refractivity contribution in [2.24, 2.45) is 11.7 Å². The standard InChI is InChI=1S/C14H19ClN2O.ClH/c1-9-6-11(7-16)8-17(9)14(18)12-4-3-5-13(15)10(12)2;/h3-5,9,11H,6-8,16H2,1-2H3;1H. The molecule has 1 aromatic rings. The zero-order chi connectivity index (χ0) is 13.3. The number of benzene rings is 1. The Morgan fingerprint density at radius 3 is 2.79 bits per heavy atom. The van der Waals surface area contributed by atoms with Crippen LogP contribution in [-0.4, -0.2) is 29.9 Å². The maximum Gasteiger partial charge on any atom is 0.254 e. The molecule has 2 unspecified atom stereocenters. The molecule has 1 aliphatic rings. The van der Waals surface area contributed by atoms with Crippen LogP contribution < -0.4 is 5.73 Å². The van der Waals surface area contributed by atoms with Crippen molar-refractivity contribution in [3.8, 4) is 0 Å². The molecule has 2 N–H and O–H groups in total. The zero-order valence-corrected chi connectivity index (χ0v) is 12.8. The second-order valence-electron chi connectivity index (χ2n) is 5.06. The second-order valence-corrected chi connectivity index (χ2v) is 5.46. The van der Waals surface area contributed by atoms with Crippen molar-refractivity contribution < 1.29 is 4.79 Å². The lowest BCUT2D eigenvalue weighted by atomic mass is 10.1. The summed E-state index contributed by atoms with van der Waals surface area (Å²) in [6.45, 7) is 5.36. The molecule has 0 aliphatic carbocycles. The molecule has 0 radical (unpaired) electrons. The zero-order valence-electron chi connectivity index (χ0n) is 11.2. The highest BCUT2D eigenvalue weighted by molar-refractivity contribution is 6.31. The van der Waals surface area contributed by atoms with Gasteiger partial charge in [0.25, 0.3) is 5.91 Å². The van der Waals surface area contributed by atoms with Crippen LogP contribution in [0.4, 0.5) is 0 Å². The highest BCUT2D eigenvalue weighted by atomic mass is 35.5. The Morgan fingerprint density at radius 1 is 1.53 bits per heavy atom. The molecule has 19 heavy (non-hydrogen) atoms. The minimum atomic E-state index is 0. The summed E-state index contributed by atoms with van der Waals surface area (Å²) < 4.78 is 0. The summed E-state index contributed by atoms with van der Waals surface area (Å²) in [7, 11) is 0. The lowest BCUT2D eigenvalue weighted by molar-refractivity contribution is 0.0742. The molecule has 1 aliphatic heterocycles. The van der Waals surface area contributed by atoms with Crippen LogP contribution in [0.25, 0.3) is 0 Å². The lowest BCUT2D eigenvalue weighted by Crippen LogP contribution is -2.34. The summed E-state index contributed by atoms with van der Waals surface area (Å²) in [6, 6.07) is 5.73. The van der Waals surface area contributed by atoms with Gasteiger partial charge in [-0.3, -0.25) is 4.79 Å². The summed E-state index contributed by atoms with van der Waals surface area (Å²) in [5.74, 6) is 0.488. The fraction of sp³-hybridized carbons (Fsp3) is 0.500. The molecule has 0 spiro atoms. The second kappa shape index (κ2) is 6.60. The van der Waals surface area contributed by atoms with Gasteiger partial charge in [0.15, 0.2) is 0 Å². The molecule has 0 aromatic heterocycles. The Labute approximate surface area is 125 Å². The predicted octanol–water partition coefficient (Wildman–Crippen LogP) is 2.88. The van der Waals surface area contributed by atoms with Gasteiger partial charge in [0.1, 0.15) is 0 Å². The number of hydrogen-bond donors (Lipinski definition) is 1. The third-order valence-electron chi connectivity index (χ3n) is 3.75. The van der Waals surface area contributed by atoms with Crippen molar-refractivity contribution in [2.45, 2.75) is 26.3 Å². The molecule has 1 saturated heterocycles. The number of carbonyl (C=O) groups excluding carboxylic acids is 1. The summed E-state index contributed by atoms with van der Waals surface area (Å²) >= 11 is 6.07. The first kappa shape index (κ1) is 16.3. The summed E-state index contributed by atoms with van der Waals surface area (Å²) in [6.07, 6.45) is 0.988. The van der Waals surface area contributed by atoms with E-state index in [1.54, 1.807) is 0 Å². The van der Waals surface area contributed by atoms with Gasteiger partial charge < -0.3 is 10.6 Å². The van der Waals surface area contributed by atoms with Gasteiger partial charge >= 0.3 is 0 Å². The minimum Gasteiger partial charge on any atom is -0.336 e. The highest BCUT2D eigenvalue weighted by Crippen LogP contribution is 2.26. The van der Waals surface area contributed by atoms with Crippen LogP contribution in [-0.2, 0) is 0 Å². The maximum atomic E-state index is 12.5. The summed E-state index contributed by atoms with van der Waals surface area (Å²) in [5, 5.41) is 0.642. The molecule has 1 fully saturated rings.